The van der Waals surface area contributed by atoms with E-state index in [0.717, 1.165) is 5.57 Å². The zero-order valence-electron chi connectivity index (χ0n) is 17.9. The van der Waals surface area contributed by atoms with Crippen LogP contribution in [0, 0.1) is 34.0 Å². The molecule has 30 heavy (non-hydrogen) atoms. The molecule has 0 aliphatic heterocycles. The fourth-order valence-corrected chi connectivity index (χ4v) is 7.92. The van der Waals surface area contributed by atoms with E-state index in [1.54, 1.807) is 12.2 Å². The van der Waals surface area contributed by atoms with Crippen molar-refractivity contribution < 1.29 is 29.3 Å². The average Bonchev–Trinajstić information content (AvgIpc) is 3.02. The normalized spacial score (nSPS) is 47.3. The van der Waals surface area contributed by atoms with E-state index in [0.29, 0.717) is 32.1 Å². The lowest BCUT2D eigenvalue weighted by Gasteiger charge is -2.64. The smallest absolute Gasteiger partial charge is 0.178 e. The molecular formula is C24H33FO5. The molecule has 0 aromatic rings. The molecule has 4 aliphatic rings. The van der Waals surface area contributed by atoms with Gasteiger partial charge in [-0.15, -0.1) is 0 Å². The van der Waals surface area contributed by atoms with E-state index < -0.39 is 27.8 Å². The second-order valence-corrected chi connectivity index (χ2v) is 10.3. The summed E-state index contributed by atoms with van der Waals surface area (Å²) in [5.41, 5.74) is -3.55. The molecule has 4 rings (SSSR count). The van der Waals surface area contributed by atoms with Crippen LogP contribution < -0.4 is 0 Å². The Morgan fingerprint density at radius 3 is 2.57 bits per heavy atom. The summed E-state index contributed by atoms with van der Waals surface area (Å²) in [5, 5.41) is 30.1. The topological polar surface area (TPSA) is 94.8 Å². The summed E-state index contributed by atoms with van der Waals surface area (Å²) < 4.78 is 17.3. The van der Waals surface area contributed by atoms with Crippen LogP contribution in [-0.4, -0.2) is 52.4 Å². The van der Waals surface area contributed by atoms with Gasteiger partial charge in [0.1, 0.15) is 11.5 Å². The molecule has 0 bridgehead atoms. The fraction of sp³-hybridized carbons (Fsp3) is 0.750. The monoisotopic (exact) mass is 420 g/mol. The number of aliphatic hydroxyl groups excluding tert-OH is 3. The summed E-state index contributed by atoms with van der Waals surface area (Å²) in [6.45, 7) is 2.87. The van der Waals surface area contributed by atoms with Gasteiger partial charge in [0.2, 0.25) is 0 Å². The molecule has 4 aliphatic carbocycles. The van der Waals surface area contributed by atoms with Crippen molar-refractivity contribution in [1.82, 2.24) is 0 Å². The van der Waals surface area contributed by atoms with Crippen LogP contribution in [0.1, 0.15) is 52.4 Å². The number of hydrogen-bond acceptors (Lipinski definition) is 5. The number of carbonyl (C=O) groups excluding carboxylic acids is 2. The third kappa shape index (κ3) is 2.44. The van der Waals surface area contributed by atoms with Crippen LogP contribution in [0.15, 0.2) is 23.8 Å². The molecule has 0 saturated heterocycles. The lowest BCUT2D eigenvalue weighted by Crippen LogP contribution is -2.66. The van der Waals surface area contributed by atoms with Crippen LogP contribution in [0.4, 0.5) is 4.39 Å². The Morgan fingerprint density at radius 1 is 1.20 bits per heavy atom. The van der Waals surface area contributed by atoms with Gasteiger partial charge < -0.3 is 15.3 Å². The lowest BCUT2D eigenvalue weighted by atomic mass is 9.41. The summed E-state index contributed by atoms with van der Waals surface area (Å²) in [4.78, 5) is 25.0. The third-order valence-electron chi connectivity index (χ3n) is 9.53. The second-order valence-electron chi connectivity index (χ2n) is 10.3. The number of allylic oxidation sites excluding steroid dienone is 4. The Labute approximate surface area is 177 Å². The van der Waals surface area contributed by atoms with Gasteiger partial charge in [0.15, 0.2) is 5.78 Å². The van der Waals surface area contributed by atoms with Gasteiger partial charge in [0.05, 0.1) is 12.0 Å². The van der Waals surface area contributed by atoms with Crippen LogP contribution in [0.2, 0.25) is 0 Å². The minimum Gasteiger partial charge on any atom is -0.396 e. The molecule has 6 heteroatoms. The largest absolute Gasteiger partial charge is 0.396 e. The molecule has 1 unspecified atom stereocenters. The van der Waals surface area contributed by atoms with E-state index in [2.05, 4.69) is 0 Å². The molecular weight excluding hydrogens is 387 g/mol. The van der Waals surface area contributed by atoms with Crippen molar-refractivity contribution >= 4 is 11.6 Å². The number of aliphatic hydroxyl groups is 3. The highest BCUT2D eigenvalue weighted by molar-refractivity contribution is 6.01. The number of Topliss-reactive ketones (excluding diaryl/α,β-unsaturated/α-hetero) is 1. The zero-order valence-corrected chi connectivity index (χ0v) is 17.9. The Balaban J connectivity index is 1.82. The molecule has 3 saturated carbocycles. The Bertz CT molecular complexity index is 820. The van der Waals surface area contributed by atoms with Gasteiger partial charge in [-0.3, -0.25) is 9.59 Å². The average molecular weight is 421 g/mol. The highest BCUT2D eigenvalue weighted by Gasteiger charge is 2.73. The Hall–Kier alpha value is -1.37. The van der Waals surface area contributed by atoms with Gasteiger partial charge in [0.25, 0.3) is 0 Å². The Kier molecular flexibility index (Phi) is 5.15. The molecule has 0 aromatic carbocycles. The zero-order chi connectivity index (χ0) is 21.9. The summed E-state index contributed by atoms with van der Waals surface area (Å²) in [5.74, 6) is -1.47. The first-order valence-electron chi connectivity index (χ1n) is 11.1. The molecule has 0 amide bonds. The first kappa shape index (κ1) is 21.8. The molecule has 3 fully saturated rings. The van der Waals surface area contributed by atoms with Crippen LogP contribution >= 0.6 is 0 Å². The van der Waals surface area contributed by atoms with Crippen molar-refractivity contribution in [3.63, 3.8) is 0 Å². The number of alkyl halides is 1. The standard InChI is InChI=1S/C24H33FO5/c1-21-8-5-17(29)11-15(21)3-4-19-18-6-9-23(14-28,20(30)7-10-26)22(18,2)12-16(13-27)24(19,21)25/h5,8,11,16,18-19,26-28H,3-4,6-7,9-10,12-14H2,1-2H3/t16?,18-,19-,21-,22-,23-,24+/m0/s1. The second kappa shape index (κ2) is 7.07. The van der Waals surface area contributed by atoms with E-state index in [4.69, 9.17) is 0 Å². The van der Waals surface area contributed by atoms with Crippen molar-refractivity contribution in [2.24, 2.45) is 34.0 Å². The molecule has 3 N–H and O–H groups in total. The molecule has 0 heterocycles. The van der Waals surface area contributed by atoms with Crippen LogP contribution in [0.25, 0.3) is 0 Å². The predicted molar refractivity (Wildman–Crippen MR) is 109 cm³/mol. The van der Waals surface area contributed by atoms with Gasteiger partial charge in [-0.05, 0) is 68.4 Å². The van der Waals surface area contributed by atoms with E-state index >= 15 is 4.39 Å². The summed E-state index contributed by atoms with van der Waals surface area (Å²) >= 11 is 0. The number of carbonyl (C=O) groups is 2. The van der Waals surface area contributed by atoms with E-state index in [1.165, 1.54) is 6.08 Å². The molecule has 0 spiro atoms. The molecule has 0 aromatic heterocycles. The van der Waals surface area contributed by atoms with Crippen molar-refractivity contribution in [2.75, 3.05) is 19.8 Å². The maximum atomic E-state index is 17.3. The number of hydrogen-bond donors (Lipinski definition) is 3. The van der Waals surface area contributed by atoms with Crippen molar-refractivity contribution in [1.29, 1.82) is 0 Å². The molecule has 166 valence electrons. The number of halogens is 1. The van der Waals surface area contributed by atoms with Gasteiger partial charge in [-0.25, -0.2) is 4.39 Å². The maximum Gasteiger partial charge on any atom is 0.178 e. The van der Waals surface area contributed by atoms with Gasteiger partial charge in [-0.1, -0.05) is 18.6 Å². The summed E-state index contributed by atoms with van der Waals surface area (Å²) in [6.07, 6.45) is 7.24. The molecule has 7 atom stereocenters. The highest BCUT2D eigenvalue weighted by atomic mass is 19.1. The van der Waals surface area contributed by atoms with Crippen molar-refractivity contribution in [2.45, 2.75) is 58.0 Å². The van der Waals surface area contributed by atoms with Gasteiger partial charge in [-0.2, -0.15) is 0 Å². The van der Waals surface area contributed by atoms with Gasteiger partial charge in [0, 0.05) is 31.0 Å². The van der Waals surface area contributed by atoms with Crippen LogP contribution in [-0.2, 0) is 9.59 Å². The van der Waals surface area contributed by atoms with Crippen LogP contribution in [0.5, 0.6) is 0 Å². The fourth-order valence-electron chi connectivity index (χ4n) is 7.92. The minimum atomic E-state index is -1.72. The van der Waals surface area contributed by atoms with Crippen molar-refractivity contribution in [3.8, 4) is 0 Å². The van der Waals surface area contributed by atoms with E-state index in [1.807, 2.05) is 13.8 Å². The first-order chi connectivity index (χ1) is 14.1. The van der Waals surface area contributed by atoms with Crippen LogP contribution in [0.3, 0.4) is 0 Å². The van der Waals surface area contributed by atoms with Gasteiger partial charge >= 0.3 is 0 Å². The first-order valence-corrected chi connectivity index (χ1v) is 11.1. The predicted octanol–water partition coefficient (Wildman–Crippen LogP) is 2.54. The number of fused-ring (bicyclic) bond motifs is 5. The SMILES string of the molecule is C[C@]12C=CC(=O)C=C1CC[C@H]1[C@@H]3CC[C@](CO)(C(=O)CCO)[C@@]3(C)CC(CO)[C@@]12F. The molecule has 5 nitrogen and oxygen atoms in total. The highest BCUT2D eigenvalue weighted by Crippen LogP contribution is 2.73. The van der Waals surface area contributed by atoms with E-state index in [9.17, 15) is 24.9 Å². The lowest BCUT2D eigenvalue weighted by molar-refractivity contribution is -0.193. The van der Waals surface area contributed by atoms with Crippen molar-refractivity contribution in [3.05, 3.63) is 23.8 Å². The van der Waals surface area contributed by atoms with E-state index in [-0.39, 0.29) is 49.6 Å². The maximum absolute atomic E-state index is 17.3. The molecule has 0 radical (unpaired) electrons. The summed E-state index contributed by atoms with van der Waals surface area (Å²) in [6, 6.07) is 0. The number of rotatable bonds is 5. The number of ketones is 2. The third-order valence-corrected chi connectivity index (χ3v) is 9.53. The Morgan fingerprint density at radius 2 is 1.93 bits per heavy atom. The minimum absolute atomic E-state index is 0.0203. The summed E-state index contributed by atoms with van der Waals surface area (Å²) in [7, 11) is 0. The quantitative estimate of drug-likeness (QED) is 0.635.